The number of aliphatic hydroxyl groups excluding tert-OH is 1. The Balaban J connectivity index is 2.23. The molecule has 0 saturated heterocycles. The van der Waals surface area contributed by atoms with Crippen molar-refractivity contribution in [2.75, 3.05) is 18.5 Å². The second-order valence-corrected chi connectivity index (χ2v) is 4.29. The van der Waals surface area contributed by atoms with Crippen LogP contribution >= 0.6 is 0 Å². The van der Waals surface area contributed by atoms with Gasteiger partial charge in [-0.25, -0.2) is 4.39 Å². The van der Waals surface area contributed by atoms with Crippen LogP contribution in [0.4, 0.5) is 10.1 Å². The second kappa shape index (κ2) is 5.71. The molecule has 1 aliphatic heterocycles. The zero-order valence-corrected chi connectivity index (χ0v) is 10.8. The molecule has 1 heterocycles. The molecule has 1 aromatic carbocycles. The maximum absolute atomic E-state index is 13.4. The monoisotopic (exact) mass is 293 g/mol. The van der Waals surface area contributed by atoms with Gasteiger partial charge >= 0.3 is 0 Å². The van der Waals surface area contributed by atoms with Crippen molar-refractivity contribution in [3.63, 3.8) is 0 Å². The Labute approximate surface area is 118 Å². The number of imide groups is 1. The first-order valence-electron chi connectivity index (χ1n) is 5.98. The molecule has 1 aliphatic rings. The number of nitrogens with zero attached hydrogens (tertiary/aromatic N) is 1. The van der Waals surface area contributed by atoms with Crippen molar-refractivity contribution in [1.82, 2.24) is 4.90 Å². The van der Waals surface area contributed by atoms with Gasteiger partial charge in [-0.05, 0) is 18.2 Å². The average Bonchev–Trinajstić information content (AvgIpc) is 2.66. The Morgan fingerprint density at radius 1 is 1.33 bits per heavy atom. The van der Waals surface area contributed by atoms with Crippen LogP contribution in [0.15, 0.2) is 30.0 Å². The van der Waals surface area contributed by atoms with Crippen molar-refractivity contribution in [2.24, 2.45) is 5.73 Å². The highest BCUT2D eigenvalue weighted by atomic mass is 19.1. The quantitative estimate of drug-likeness (QED) is 0.638. The van der Waals surface area contributed by atoms with Crippen molar-refractivity contribution in [2.45, 2.75) is 0 Å². The Morgan fingerprint density at radius 2 is 2.05 bits per heavy atom. The summed E-state index contributed by atoms with van der Waals surface area (Å²) in [6, 6.07) is 3.28. The molecule has 110 valence electrons. The predicted molar refractivity (Wildman–Crippen MR) is 70.4 cm³/mol. The van der Waals surface area contributed by atoms with E-state index in [2.05, 4.69) is 5.32 Å². The molecule has 4 N–H and O–H groups in total. The van der Waals surface area contributed by atoms with Crippen molar-refractivity contribution < 1.29 is 23.9 Å². The van der Waals surface area contributed by atoms with E-state index in [4.69, 9.17) is 10.8 Å². The number of carbonyl (C=O) groups is 3. The number of carbonyl (C=O) groups excluding carboxylic acids is 3. The fourth-order valence-electron chi connectivity index (χ4n) is 1.87. The third-order valence-corrected chi connectivity index (χ3v) is 2.79. The van der Waals surface area contributed by atoms with Crippen molar-refractivity contribution >= 4 is 23.4 Å². The Kier molecular flexibility index (Phi) is 3.99. The fraction of sp³-hybridized carbons (Fsp3) is 0.154. The summed E-state index contributed by atoms with van der Waals surface area (Å²) in [5.74, 6) is -2.75. The Bertz CT molecular complexity index is 657. The lowest BCUT2D eigenvalue weighted by Crippen LogP contribution is -2.34. The largest absolute Gasteiger partial charge is 0.395 e. The van der Waals surface area contributed by atoms with Gasteiger partial charge in [-0.3, -0.25) is 19.3 Å². The fourth-order valence-corrected chi connectivity index (χ4v) is 1.87. The summed E-state index contributed by atoms with van der Waals surface area (Å²) >= 11 is 0. The van der Waals surface area contributed by atoms with E-state index in [1.165, 1.54) is 6.07 Å². The minimum atomic E-state index is -0.817. The van der Waals surface area contributed by atoms with Crippen LogP contribution in [0.25, 0.3) is 0 Å². The van der Waals surface area contributed by atoms with Gasteiger partial charge in [0.2, 0.25) is 5.91 Å². The van der Waals surface area contributed by atoms with Crippen LogP contribution in [0.5, 0.6) is 0 Å². The molecule has 8 heteroatoms. The number of hydrogen-bond acceptors (Lipinski definition) is 5. The van der Waals surface area contributed by atoms with E-state index in [0.717, 1.165) is 23.1 Å². The molecule has 3 amide bonds. The molecule has 0 fully saturated rings. The van der Waals surface area contributed by atoms with Crippen LogP contribution in [-0.4, -0.2) is 40.9 Å². The third-order valence-electron chi connectivity index (χ3n) is 2.79. The molecule has 21 heavy (non-hydrogen) atoms. The number of aliphatic hydroxyl groups is 1. The van der Waals surface area contributed by atoms with Crippen LogP contribution in [-0.2, 0) is 9.59 Å². The predicted octanol–water partition coefficient (Wildman–Crippen LogP) is -0.419. The van der Waals surface area contributed by atoms with Crippen LogP contribution in [0.3, 0.4) is 0 Å². The number of benzene rings is 1. The number of primary amides is 1. The smallest absolute Gasteiger partial charge is 0.277 e. The molecule has 0 bridgehead atoms. The lowest BCUT2D eigenvalue weighted by Gasteiger charge is -2.13. The van der Waals surface area contributed by atoms with Gasteiger partial charge in [0.25, 0.3) is 11.8 Å². The number of nitrogens with one attached hydrogen (secondary N) is 1. The molecule has 0 atom stereocenters. The summed E-state index contributed by atoms with van der Waals surface area (Å²) in [6.45, 7) is -0.487. The van der Waals surface area contributed by atoms with Gasteiger partial charge in [0, 0.05) is 17.3 Å². The van der Waals surface area contributed by atoms with E-state index >= 15 is 0 Å². The summed E-state index contributed by atoms with van der Waals surface area (Å²) in [7, 11) is 0. The van der Waals surface area contributed by atoms with Gasteiger partial charge < -0.3 is 16.2 Å². The molecule has 0 aliphatic carbocycles. The van der Waals surface area contributed by atoms with E-state index < -0.39 is 23.5 Å². The minimum Gasteiger partial charge on any atom is -0.395 e. The first-order chi connectivity index (χ1) is 9.92. The van der Waals surface area contributed by atoms with Crippen molar-refractivity contribution in [3.8, 4) is 0 Å². The van der Waals surface area contributed by atoms with Crippen LogP contribution in [0, 0.1) is 5.82 Å². The van der Waals surface area contributed by atoms with E-state index in [-0.39, 0.29) is 30.1 Å². The number of halogens is 1. The lowest BCUT2D eigenvalue weighted by molar-refractivity contribution is -0.137. The second-order valence-electron chi connectivity index (χ2n) is 4.29. The minimum absolute atomic E-state index is 0.0675. The van der Waals surface area contributed by atoms with Crippen LogP contribution in [0.1, 0.15) is 10.4 Å². The number of nitrogens with two attached hydrogens (primary N) is 1. The maximum atomic E-state index is 13.4. The normalized spacial score (nSPS) is 14.4. The molecule has 0 saturated carbocycles. The van der Waals surface area contributed by atoms with E-state index in [0.29, 0.717) is 0 Å². The summed E-state index contributed by atoms with van der Waals surface area (Å²) in [5.41, 5.74) is 5.04. The maximum Gasteiger partial charge on any atom is 0.277 e. The van der Waals surface area contributed by atoms with Gasteiger partial charge in [0.1, 0.15) is 11.5 Å². The van der Waals surface area contributed by atoms with Gasteiger partial charge in [0.05, 0.1) is 13.2 Å². The molecule has 0 radical (unpaired) electrons. The summed E-state index contributed by atoms with van der Waals surface area (Å²) in [5, 5.41) is 11.3. The Morgan fingerprint density at radius 3 is 2.67 bits per heavy atom. The third kappa shape index (κ3) is 3.06. The topological polar surface area (TPSA) is 113 Å². The number of β-amino-alcohol motifs (C(OH)–C–C–N with tert-alkyl or cyclic N) is 1. The van der Waals surface area contributed by atoms with E-state index in [1.807, 2.05) is 0 Å². The highest BCUT2D eigenvalue weighted by Crippen LogP contribution is 2.19. The highest BCUT2D eigenvalue weighted by molar-refractivity contribution is 6.17. The molecule has 0 spiro atoms. The number of amides is 3. The zero-order valence-electron chi connectivity index (χ0n) is 10.8. The zero-order chi connectivity index (χ0) is 15.6. The van der Waals surface area contributed by atoms with Gasteiger partial charge in [-0.1, -0.05) is 0 Å². The van der Waals surface area contributed by atoms with Gasteiger partial charge in [-0.15, -0.1) is 0 Å². The average molecular weight is 293 g/mol. The molecule has 0 aromatic heterocycles. The van der Waals surface area contributed by atoms with Crippen LogP contribution < -0.4 is 11.1 Å². The molecular formula is C13H12FN3O4. The van der Waals surface area contributed by atoms with Gasteiger partial charge in [0.15, 0.2) is 0 Å². The summed E-state index contributed by atoms with van der Waals surface area (Å²) < 4.78 is 13.4. The lowest BCUT2D eigenvalue weighted by atomic mass is 10.2. The summed E-state index contributed by atoms with van der Waals surface area (Å²) in [6.07, 6.45) is 1.03. The number of hydrogen-bond donors (Lipinski definition) is 3. The molecule has 7 nitrogen and oxygen atoms in total. The molecule has 2 rings (SSSR count). The van der Waals surface area contributed by atoms with Crippen LogP contribution in [0.2, 0.25) is 0 Å². The number of rotatable bonds is 5. The Hall–Kier alpha value is -2.74. The molecule has 1 aromatic rings. The van der Waals surface area contributed by atoms with Gasteiger partial charge in [-0.2, -0.15) is 0 Å². The number of anilines is 1. The molecular weight excluding hydrogens is 281 g/mol. The SMILES string of the molecule is NC(=O)c1cc(F)cc(NC2=CC(=O)N(CCO)C2=O)c1. The first kappa shape index (κ1) is 14.7. The van der Waals surface area contributed by atoms with E-state index in [9.17, 15) is 18.8 Å². The molecule has 0 unspecified atom stereocenters. The summed E-state index contributed by atoms with van der Waals surface area (Å²) in [4.78, 5) is 35.3. The highest BCUT2D eigenvalue weighted by Gasteiger charge is 2.30. The first-order valence-corrected chi connectivity index (χ1v) is 5.98. The van der Waals surface area contributed by atoms with Crippen molar-refractivity contribution in [1.29, 1.82) is 0 Å². The standard InChI is InChI=1S/C13H12FN3O4/c14-8-3-7(12(15)20)4-9(5-8)16-10-6-11(19)17(1-2-18)13(10)21/h3-6,16,18H,1-2H2,(H2,15,20). The van der Waals surface area contributed by atoms with E-state index in [1.54, 1.807) is 0 Å². The van der Waals surface area contributed by atoms with Crippen molar-refractivity contribution in [3.05, 3.63) is 41.4 Å².